The van der Waals surface area contributed by atoms with Crippen LogP contribution in [0.1, 0.15) is 46.5 Å². The fraction of sp³-hybridized carbons (Fsp3) is 0.917. The van der Waals surface area contributed by atoms with Crippen LogP contribution >= 0.6 is 16.1 Å². The Bertz CT molecular complexity index is 277. The SMILES string of the molecule is CC(C)(C)OC(=O)CC1(O)CCCN(Br)CC1. The second kappa shape index (κ2) is 5.67. The Kier molecular flexibility index (Phi) is 4.98. The zero-order chi connectivity index (χ0) is 13.1. The predicted octanol–water partition coefficient (Wildman–Crippen LogP) is 2.25. The third-order valence-corrected chi connectivity index (χ3v) is 3.47. The number of halogens is 1. The molecular weight excluding hydrogens is 286 g/mol. The highest BCUT2D eigenvalue weighted by atomic mass is 79.9. The summed E-state index contributed by atoms with van der Waals surface area (Å²) in [4.78, 5) is 11.7. The number of hydrogen-bond acceptors (Lipinski definition) is 4. The predicted molar refractivity (Wildman–Crippen MR) is 69.8 cm³/mol. The van der Waals surface area contributed by atoms with Gasteiger partial charge in [-0.2, -0.15) is 0 Å². The van der Waals surface area contributed by atoms with Crippen molar-refractivity contribution in [3.05, 3.63) is 0 Å². The second-order valence-electron chi connectivity index (χ2n) is 5.75. The van der Waals surface area contributed by atoms with Crippen LogP contribution in [0.15, 0.2) is 0 Å². The third kappa shape index (κ3) is 5.84. The molecule has 0 aromatic carbocycles. The van der Waals surface area contributed by atoms with Crippen molar-refractivity contribution in [1.82, 2.24) is 3.93 Å². The van der Waals surface area contributed by atoms with Gasteiger partial charge >= 0.3 is 5.97 Å². The van der Waals surface area contributed by atoms with Crippen molar-refractivity contribution >= 4 is 22.1 Å². The molecule has 1 aliphatic rings. The summed E-state index contributed by atoms with van der Waals surface area (Å²) in [5.74, 6) is -0.317. The Hall–Kier alpha value is -0.130. The molecule has 17 heavy (non-hydrogen) atoms. The van der Waals surface area contributed by atoms with Gasteiger partial charge in [-0.1, -0.05) is 0 Å². The molecule has 0 radical (unpaired) electrons. The Morgan fingerprint density at radius 3 is 2.65 bits per heavy atom. The lowest BCUT2D eigenvalue weighted by Gasteiger charge is -2.27. The van der Waals surface area contributed by atoms with Gasteiger partial charge in [0.15, 0.2) is 0 Å². The monoisotopic (exact) mass is 307 g/mol. The van der Waals surface area contributed by atoms with E-state index in [1.165, 1.54) is 0 Å². The first-order valence-electron chi connectivity index (χ1n) is 6.05. The molecule has 0 saturated carbocycles. The van der Waals surface area contributed by atoms with Crippen molar-refractivity contribution in [1.29, 1.82) is 0 Å². The summed E-state index contributed by atoms with van der Waals surface area (Å²) >= 11 is 3.41. The van der Waals surface area contributed by atoms with Gasteiger partial charge in [0.1, 0.15) is 5.60 Å². The molecule has 1 aliphatic heterocycles. The first-order valence-corrected chi connectivity index (χ1v) is 6.76. The number of carbonyl (C=O) groups is 1. The van der Waals surface area contributed by atoms with Crippen molar-refractivity contribution in [3.8, 4) is 0 Å². The third-order valence-electron chi connectivity index (χ3n) is 2.76. The highest BCUT2D eigenvalue weighted by Gasteiger charge is 2.33. The number of rotatable bonds is 2. The van der Waals surface area contributed by atoms with Crippen LogP contribution in [-0.2, 0) is 9.53 Å². The minimum absolute atomic E-state index is 0.0884. The lowest BCUT2D eigenvalue weighted by atomic mass is 9.91. The van der Waals surface area contributed by atoms with Gasteiger partial charge in [0, 0.05) is 29.2 Å². The summed E-state index contributed by atoms with van der Waals surface area (Å²) in [6.45, 7) is 7.16. The van der Waals surface area contributed by atoms with E-state index in [9.17, 15) is 9.90 Å². The molecule has 0 aromatic rings. The van der Waals surface area contributed by atoms with Crippen LogP contribution < -0.4 is 0 Å². The first-order chi connectivity index (χ1) is 7.70. The molecule has 100 valence electrons. The summed E-state index contributed by atoms with van der Waals surface area (Å²) in [6.07, 6.45) is 2.21. The molecule has 1 rings (SSSR count). The minimum Gasteiger partial charge on any atom is -0.460 e. The Balaban J connectivity index is 2.51. The van der Waals surface area contributed by atoms with Crippen molar-refractivity contribution in [2.75, 3.05) is 13.1 Å². The van der Waals surface area contributed by atoms with E-state index in [0.29, 0.717) is 12.8 Å². The molecule has 1 N–H and O–H groups in total. The molecular formula is C12H22BrNO3. The fourth-order valence-electron chi connectivity index (χ4n) is 1.97. The molecule has 0 spiro atoms. The van der Waals surface area contributed by atoms with Crippen LogP contribution in [0.3, 0.4) is 0 Å². The van der Waals surface area contributed by atoms with Crippen LogP contribution in [-0.4, -0.2) is 39.3 Å². The molecule has 4 nitrogen and oxygen atoms in total. The lowest BCUT2D eigenvalue weighted by molar-refractivity contribution is -0.160. The smallest absolute Gasteiger partial charge is 0.309 e. The molecule has 1 atom stereocenters. The van der Waals surface area contributed by atoms with E-state index in [-0.39, 0.29) is 12.4 Å². The highest BCUT2D eigenvalue weighted by molar-refractivity contribution is 9.07. The van der Waals surface area contributed by atoms with Gasteiger partial charge in [0.2, 0.25) is 0 Å². The zero-order valence-corrected chi connectivity index (χ0v) is 12.4. The van der Waals surface area contributed by atoms with Crippen molar-refractivity contribution < 1.29 is 14.6 Å². The lowest BCUT2D eigenvalue weighted by Crippen LogP contribution is -2.35. The maximum absolute atomic E-state index is 11.7. The topological polar surface area (TPSA) is 49.8 Å². The van der Waals surface area contributed by atoms with Gasteiger partial charge in [-0.15, -0.1) is 0 Å². The van der Waals surface area contributed by atoms with E-state index in [1.54, 1.807) is 0 Å². The summed E-state index contributed by atoms with van der Waals surface area (Å²) in [5, 5.41) is 10.4. The van der Waals surface area contributed by atoms with Gasteiger partial charge in [-0.3, -0.25) is 4.79 Å². The van der Waals surface area contributed by atoms with E-state index < -0.39 is 11.2 Å². The maximum atomic E-state index is 11.7. The molecule has 1 unspecified atom stereocenters. The van der Waals surface area contributed by atoms with Crippen LogP contribution in [0.5, 0.6) is 0 Å². The number of hydrogen-bond donors (Lipinski definition) is 1. The number of ether oxygens (including phenoxy) is 1. The Labute approximate surface area is 112 Å². The minimum atomic E-state index is -0.912. The summed E-state index contributed by atoms with van der Waals surface area (Å²) in [5.41, 5.74) is -1.40. The fourth-order valence-corrected chi connectivity index (χ4v) is 2.40. The quantitative estimate of drug-likeness (QED) is 0.628. The maximum Gasteiger partial charge on any atom is 0.309 e. The van der Waals surface area contributed by atoms with Crippen molar-refractivity contribution in [3.63, 3.8) is 0 Å². The normalized spacial score (nSPS) is 27.6. The molecule has 0 amide bonds. The standard InChI is InChI=1S/C12H22BrNO3/c1-11(2,3)17-10(15)9-12(16)5-4-7-14(13)8-6-12/h16H,4-9H2,1-3H3. The molecule has 1 heterocycles. The number of carbonyl (C=O) groups excluding carboxylic acids is 1. The van der Waals surface area contributed by atoms with Crippen LogP contribution in [0.25, 0.3) is 0 Å². The van der Waals surface area contributed by atoms with Gasteiger partial charge in [-0.05, 0) is 40.0 Å². The average molecular weight is 308 g/mol. The molecule has 0 aliphatic carbocycles. The first kappa shape index (κ1) is 14.9. The molecule has 0 aromatic heterocycles. The van der Waals surface area contributed by atoms with Gasteiger partial charge in [0.05, 0.1) is 12.0 Å². The highest BCUT2D eigenvalue weighted by Crippen LogP contribution is 2.27. The number of esters is 1. The largest absolute Gasteiger partial charge is 0.460 e. The zero-order valence-electron chi connectivity index (χ0n) is 10.8. The van der Waals surface area contributed by atoms with Crippen molar-refractivity contribution in [2.45, 2.75) is 57.7 Å². The molecule has 0 bridgehead atoms. The van der Waals surface area contributed by atoms with E-state index >= 15 is 0 Å². The van der Waals surface area contributed by atoms with Crippen LogP contribution in [0, 0.1) is 0 Å². The van der Waals surface area contributed by atoms with Crippen molar-refractivity contribution in [2.24, 2.45) is 0 Å². The van der Waals surface area contributed by atoms with E-state index in [2.05, 4.69) is 16.1 Å². The molecule has 5 heteroatoms. The van der Waals surface area contributed by atoms with E-state index in [1.807, 2.05) is 24.7 Å². The average Bonchev–Trinajstić information content (AvgIpc) is 2.25. The van der Waals surface area contributed by atoms with E-state index in [4.69, 9.17) is 4.74 Å². The summed E-state index contributed by atoms with van der Waals surface area (Å²) in [6, 6.07) is 0. The van der Waals surface area contributed by atoms with Crippen LogP contribution in [0.2, 0.25) is 0 Å². The van der Waals surface area contributed by atoms with Gasteiger partial charge in [0.25, 0.3) is 0 Å². The Morgan fingerprint density at radius 1 is 1.41 bits per heavy atom. The Morgan fingerprint density at radius 2 is 2.06 bits per heavy atom. The van der Waals surface area contributed by atoms with Gasteiger partial charge in [-0.25, -0.2) is 3.93 Å². The molecule has 1 saturated heterocycles. The van der Waals surface area contributed by atoms with Gasteiger partial charge < -0.3 is 9.84 Å². The summed E-state index contributed by atoms with van der Waals surface area (Å²) < 4.78 is 7.25. The number of nitrogens with zero attached hydrogens (tertiary/aromatic N) is 1. The second-order valence-corrected chi connectivity index (χ2v) is 6.75. The summed E-state index contributed by atoms with van der Waals surface area (Å²) in [7, 11) is 0. The van der Waals surface area contributed by atoms with Crippen LogP contribution in [0.4, 0.5) is 0 Å². The molecule has 1 fully saturated rings. The number of aliphatic hydroxyl groups is 1. The van der Waals surface area contributed by atoms with E-state index in [0.717, 1.165) is 19.5 Å².